The number of rotatable bonds is 2. The summed E-state index contributed by atoms with van der Waals surface area (Å²) in [7, 11) is 0. The molecule has 4 heteroatoms. The zero-order valence-electron chi connectivity index (χ0n) is 10.7. The molecular formula is C16H11ClO2S. The monoisotopic (exact) mass is 302 g/mol. The van der Waals surface area contributed by atoms with Crippen molar-refractivity contribution in [3.63, 3.8) is 0 Å². The molecule has 100 valence electrons. The van der Waals surface area contributed by atoms with Crippen molar-refractivity contribution in [2.45, 2.75) is 16.7 Å². The third-order valence-electron chi connectivity index (χ3n) is 2.92. The molecule has 0 aliphatic rings. The topological polar surface area (TPSA) is 30.2 Å². The first-order chi connectivity index (χ1) is 9.61. The van der Waals surface area contributed by atoms with Gasteiger partial charge in [0.2, 0.25) is 0 Å². The van der Waals surface area contributed by atoms with Crippen LogP contribution in [0.4, 0.5) is 0 Å². The Labute approximate surface area is 125 Å². The maximum atomic E-state index is 11.6. The maximum absolute atomic E-state index is 11.6. The second-order valence-corrected chi connectivity index (χ2v) is 6.04. The van der Waals surface area contributed by atoms with Crippen molar-refractivity contribution in [3.05, 3.63) is 69.5 Å². The molecule has 3 rings (SSSR count). The van der Waals surface area contributed by atoms with E-state index in [-0.39, 0.29) is 5.63 Å². The first kappa shape index (κ1) is 13.3. The summed E-state index contributed by atoms with van der Waals surface area (Å²) in [5.74, 6) is 0. The summed E-state index contributed by atoms with van der Waals surface area (Å²) < 4.78 is 5.19. The van der Waals surface area contributed by atoms with Gasteiger partial charge in [0.05, 0.1) is 0 Å². The Morgan fingerprint density at radius 1 is 1.05 bits per heavy atom. The normalized spacial score (nSPS) is 10.9. The van der Waals surface area contributed by atoms with Crippen molar-refractivity contribution in [1.29, 1.82) is 0 Å². The molecule has 2 aromatic carbocycles. The van der Waals surface area contributed by atoms with Crippen LogP contribution in [0.15, 0.2) is 67.5 Å². The van der Waals surface area contributed by atoms with Gasteiger partial charge in [-0.2, -0.15) is 0 Å². The minimum Gasteiger partial charge on any atom is -0.423 e. The lowest BCUT2D eigenvalue weighted by atomic mass is 10.2. The zero-order chi connectivity index (χ0) is 14.1. The number of hydrogen-bond acceptors (Lipinski definition) is 3. The smallest absolute Gasteiger partial charge is 0.337 e. The highest BCUT2D eigenvalue weighted by Crippen LogP contribution is 2.33. The van der Waals surface area contributed by atoms with Crippen molar-refractivity contribution in [2.24, 2.45) is 0 Å². The van der Waals surface area contributed by atoms with Crippen LogP contribution in [-0.4, -0.2) is 0 Å². The first-order valence-electron chi connectivity index (χ1n) is 6.10. The Morgan fingerprint density at radius 2 is 1.80 bits per heavy atom. The van der Waals surface area contributed by atoms with E-state index in [4.69, 9.17) is 16.0 Å². The van der Waals surface area contributed by atoms with Gasteiger partial charge in [-0.3, -0.25) is 0 Å². The van der Waals surface area contributed by atoms with Crippen LogP contribution in [-0.2, 0) is 0 Å². The second-order valence-electron chi connectivity index (χ2n) is 4.49. The number of fused-ring (bicyclic) bond motifs is 1. The molecule has 0 fully saturated rings. The van der Waals surface area contributed by atoms with Crippen LogP contribution in [0, 0.1) is 6.92 Å². The Kier molecular flexibility index (Phi) is 3.55. The van der Waals surface area contributed by atoms with Crippen LogP contribution in [0.25, 0.3) is 11.0 Å². The van der Waals surface area contributed by atoms with Gasteiger partial charge < -0.3 is 4.42 Å². The molecule has 0 radical (unpaired) electrons. The van der Waals surface area contributed by atoms with Gasteiger partial charge in [-0.05, 0) is 37.3 Å². The molecule has 0 bridgehead atoms. The molecule has 3 aromatic rings. The quantitative estimate of drug-likeness (QED) is 0.630. The predicted octanol–water partition coefficient (Wildman–Crippen LogP) is 4.91. The van der Waals surface area contributed by atoms with Crippen molar-refractivity contribution in [3.8, 4) is 0 Å². The summed E-state index contributed by atoms with van der Waals surface area (Å²) in [6, 6.07) is 14.9. The summed E-state index contributed by atoms with van der Waals surface area (Å²) in [5.41, 5.74) is 1.40. The molecule has 1 aromatic heterocycles. The lowest BCUT2D eigenvalue weighted by Gasteiger charge is -2.06. The van der Waals surface area contributed by atoms with Gasteiger partial charge in [0, 0.05) is 26.3 Å². The van der Waals surface area contributed by atoms with Crippen molar-refractivity contribution in [1.82, 2.24) is 0 Å². The third kappa shape index (κ3) is 2.74. The van der Waals surface area contributed by atoms with Crippen molar-refractivity contribution in [2.75, 3.05) is 0 Å². The van der Waals surface area contributed by atoms with Gasteiger partial charge in [0.1, 0.15) is 5.58 Å². The minimum absolute atomic E-state index is 0.352. The van der Waals surface area contributed by atoms with Gasteiger partial charge in [-0.15, -0.1) is 0 Å². The number of hydrogen-bond donors (Lipinski definition) is 0. The van der Waals surface area contributed by atoms with Crippen molar-refractivity contribution >= 4 is 34.3 Å². The largest absolute Gasteiger partial charge is 0.423 e. The van der Waals surface area contributed by atoms with E-state index in [0.29, 0.717) is 10.6 Å². The second kappa shape index (κ2) is 5.35. The van der Waals surface area contributed by atoms with E-state index in [1.54, 1.807) is 12.1 Å². The summed E-state index contributed by atoms with van der Waals surface area (Å²) in [5, 5.41) is 1.47. The summed E-state index contributed by atoms with van der Waals surface area (Å²) in [6.07, 6.45) is 0. The first-order valence-corrected chi connectivity index (χ1v) is 7.29. The number of halogens is 1. The standard InChI is InChI=1S/C16H11ClO2S/c1-10-2-5-12(6-3-10)20-15-9-16(18)19-14-7-4-11(17)8-13(14)15/h2-9H,1H3. The van der Waals surface area contributed by atoms with E-state index < -0.39 is 0 Å². The lowest BCUT2D eigenvalue weighted by molar-refractivity contribution is 0.557. The fraction of sp³-hybridized carbons (Fsp3) is 0.0625. The fourth-order valence-electron chi connectivity index (χ4n) is 1.92. The summed E-state index contributed by atoms with van der Waals surface area (Å²) in [4.78, 5) is 13.5. The zero-order valence-corrected chi connectivity index (χ0v) is 12.3. The van der Waals surface area contributed by atoms with E-state index in [1.807, 2.05) is 37.3 Å². The van der Waals surface area contributed by atoms with Gasteiger partial charge >= 0.3 is 5.63 Å². The van der Waals surface area contributed by atoms with E-state index >= 15 is 0 Å². The highest BCUT2D eigenvalue weighted by atomic mass is 35.5. The molecule has 0 N–H and O–H groups in total. The molecule has 0 spiro atoms. The molecule has 0 aliphatic carbocycles. The molecule has 0 atom stereocenters. The average Bonchev–Trinajstić information content (AvgIpc) is 2.42. The van der Waals surface area contributed by atoms with Crippen LogP contribution < -0.4 is 5.63 Å². The van der Waals surface area contributed by atoms with Crippen LogP contribution in [0.5, 0.6) is 0 Å². The third-order valence-corrected chi connectivity index (χ3v) is 4.22. The highest BCUT2D eigenvalue weighted by Gasteiger charge is 2.08. The SMILES string of the molecule is Cc1ccc(Sc2cc(=O)oc3ccc(Cl)cc23)cc1. The molecule has 20 heavy (non-hydrogen) atoms. The Balaban J connectivity index is 2.12. The fourth-order valence-corrected chi connectivity index (χ4v) is 3.05. The van der Waals surface area contributed by atoms with Crippen LogP contribution in [0.3, 0.4) is 0 Å². The number of aryl methyl sites for hydroxylation is 1. The molecule has 0 aliphatic heterocycles. The van der Waals surface area contributed by atoms with Crippen molar-refractivity contribution < 1.29 is 4.42 Å². The van der Waals surface area contributed by atoms with E-state index in [1.165, 1.54) is 23.4 Å². The molecule has 0 unspecified atom stereocenters. The van der Waals surface area contributed by atoms with Gasteiger partial charge in [-0.1, -0.05) is 41.1 Å². The predicted molar refractivity (Wildman–Crippen MR) is 82.8 cm³/mol. The van der Waals surface area contributed by atoms with Crippen LogP contribution in [0.1, 0.15) is 5.56 Å². The van der Waals surface area contributed by atoms with Crippen LogP contribution in [0.2, 0.25) is 5.02 Å². The molecule has 1 heterocycles. The molecule has 0 saturated carbocycles. The minimum atomic E-state index is -0.352. The van der Waals surface area contributed by atoms with Gasteiger partial charge in [0.25, 0.3) is 0 Å². The van der Waals surface area contributed by atoms with Crippen LogP contribution >= 0.6 is 23.4 Å². The molecule has 0 saturated heterocycles. The van der Waals surface area contributed by atoms with Gasteiger partial charge in [0.15, 0.2) is 0 Å². The maximum Gasteiger partial charge on any atom is 0.337 e. The Bertz CT molecular complexity index is 822. The Hall–Kier alpha value is -1.71. The lowest BCUT2D eigenvalue weighted by Crippen LogP contribution is -1.97. The molecular weight excluding hydrogens is 292 g/mol. The molecule has 0 amide bonds. The summed E-state index contributed by atoms with van der Waals surface area (Å²) in [6.45, 7) is 2.04. The Morgan fingerprint density at radius 3 is 2.55 bits per heavy atom. The van der Waals surface area contributed by atoms with E-state index in [2.05, 4.69) is 0 Å². The average molecular weight is 303 g/mol. The number of benzene rings is 2. The highest BCUT2D eigenvalue weighted by molar-refractivity contribution is 7.99. The van der Waals surface area contributed by atoms with E-state index in [9.17, 15) is 4.79 Å². The van der Waals surface area contributed by atoms with E-state index in [0.717, 1.165) is 15.2 Å². The summed E-state index contributed by atoms with van der Waals surface area (Å²) >= 11 is 7.56. The molecule has 2 nitrogen and oxygen atoms in total. The van der Waals surface area contributed by atoms with Gasteiger partial charge in [-0.25, -0.2) is 4.79 Å².